The molecule has 6 nitrogen and oxygen atoms in total. The molecule has 21 heavy (non-hydrogen) atoms. The quantitative estimate of drug-likeness (QED) is 0.738. The summed E-state index contributed by atoms with van der Waals surface area (Å²) in [6.07, 6.45) is 2.70. The van der Waals surface area contributed by atoms with Gasteiger partial charge in [-0.15, -0.1) is 0 Å². The molecule has 0 aromatic heterocycles. The minimum Gasteiger partial charge on any atom is -0.399 e. The highest BCUT2D eigenvalue weighted by atomic mass is 32.2. The van der Waals surface area contributed by atoms with E-state index in [9.17, 15) is 16.8 Å². The summed E-state index contributed by atoms with van der Waals surface area (Å²) >= 11 is 0. The van der Waals surface area contributed by atoms with Gasteiger partial charge >= 0.3 is 0 Å². The molecule has 1 aliphatic carbocycles. The van der Waals surface area contributed by atoms with Crippen LogP contribution in [0, 0.1) is 0 Å². The Morgan fingerprint density at radius 2 is 1.67 bits per heavy atom. The van der Waals surface area contributed by atoms with Crippen LogP contribution in [0.4, 0.5) is 5.69 Å². The van der Waals surface area contributed by atoms with Crippen LogP contribution in [0.15, 0.2) is 24.3 Å². The van der Waals surface area contributed by atoms with E-state index in [1.54, 1.807) is 24.3 Å². The van der Waals surface area contributed by atoms with Crippen LogP contribution in [0.2, 0.25) is 0 Å². The minimum atomic E-state index is -3.58. The van der Waals surface area contributed by atoms with Gasteiger partial charge in [-0.25, -0.2) is 16.8 Å². The van der Waals surface area contributed by atoms with Gasteiger partial charge in [-0.05, 0) is 30.5 Å². The highest BCUT2D eigenvalue weighted by molar-refractivity contribution is 7.93. The normalized spacial score (nSPS) is 16.3. The van der Waals surface area contributed by atoms with E-state index in [0.29, 0.717) is 5.69 Å². The molecule has 0 radical (unpaired) electrons. The lowest BCUT2D eigenvalue weighted by Gasteiger charge is -2.22. The van der Waals surface area contributed by atoms with Crippen LogP contribution in [-0.2, 0) is 26.4 Å². The SMILES string of the molecule is CS(=O)(=O)CCS(=O)(=O)N(Cc1ccc(N)cc1)C1CC1. The molecule has 1 fully saturated rings. The topological polar surface area (TPSA) is 97.5 Å². The van der Waals surface area contributed by atoms with Crippen LogP contribution in [0.5, 0.6) is 0 Å². The first-order valence-electron chi connectivity index (χ1n) is 6.69. The molecule has 8 heteroatoms. The van der Waals surface area contributed by atoms with Gasteiger partial charge in [0.1, 0.15) is 9.84 Å². The number of hydrogen-bond acceptors (Lipinski definition) is 5. The maximum atomic E-state index is 12.4. The fraction of sp³-hybridized carbons (Fsp3) is 0.538. The minimum absolute atomic E-state index is 0.00730. The van der Waals surface area contributed by atoms with Gasteiger partial charge in [0.25, 0.3) is 0 Å². The third-order valence-corrected chi connectivity index (χ3v) is 6.41. The van der Waals surface area contributed by atoms with Crippen LogP contribution in [0.1, 0.15) is 18.4 Å². The average Bonchev–Trinajstić information content (AvgIpc) is 3.19. The van der Waals surface area contributed by atoms with Crippen molar-refractivity contribution in [3.8, 4) is 0 Å². The van der Waals surface area contributed by atoms with Gasteiger partial charge in [-0.1, -0.05) is 12.1 Å². The second-order valence-electron chi connectivity index (χ2n) is 5.46. The highest BCUT2D eigenvalue weighted by Crippen LogP contribution is 2.31. The van der Waals surface area contributed by atoms with Crippen molar-refractivity contribution in [2.45, 2.75) is 25.4 Å². The Hall–Kier alpha value is -1.12. The third kappa shape index (κ3) is 4.98. The van der Waals surface area contributed by atoms with E-state index >= 15 is 0 Å². The predicted octanol–water partition coefficient (Wildman–Crippen LogP) is 0.608. The molecule has 118 valence electrons. The number of sulfonamides is 1. The number of hydrogen-bond donors (Lipinski definition) is 1. The number of nitrogens with two attached hydrogens (primary N) is 1. The van der Waals surface area contributed by atoms with Crippen LogP contribution in [0.25, 0.3) is 0 Å². The summed E-state index contributed by atoms with van der Waals surface area (Å²) in [7, 11) is -6.87. The standard InChI is InChI=1S/C13H20N2O4S2/c1-20(16,17)8-9-21(18,19)15(13-6-7-13)10-11-2-4-12(14)5-3-11/h2-5,13H,6-10,14H2,1H3. The van der Waals surface area contributed by atoms with Crippen molar-refractivity contribution in [3.63, 3.8) is 0 Å². The maximum absolute atomic E-state index is 12.4. The molecule has 1 aromatic rings. The zero-order valence-electron chi connectivity index (χ0n) is 11.9. The van der Waals surface area contributed by atoms with E-state index in [4.69, 9.17) is 5.73 Å². The molecular weight excluding hydrogens is 312 g/mol. The van der Waals surface area contributed by atoms with E-state index in [0.717, 1.165) is 24.7 Å². The van der Waals surface area contributed by atoms with Crippen molar-refractivity contribution in [2.24, 2.45) is 0 Å². The number of nitrogen functional groups attached to an aromatic ring is 1. The molecule has 0 amide bonds. The van der Waals surface area contributed by atoms with Crippen molar-refractivity contribution in [2.75, 3.05) is 23.5 Å². The summed E-state index contributed by atoms with van der Waals surface area (Å²) < 4.78 is 48.5. The lowest BCUT2D eigenvalue weighted by molar-refractivity contribution is 0.399. The van der Waals surface area contributed by atoms with Gasteiger partial charge < -0.3 is 5.73 Å². The molecule has 0 heterocycles. The Morgan fingerprint density at radius 1 is 1.10 bits per heavy atom. The number of sulfone groups is 1. The summed E-state index contributed by atoms with van der Waals surface area (Å²) in [5.74, 6) is -0.711. The first kappa shape index (κ1) is 16.3. The molecular formula is C13H20N2O4S2. The van der Waals surface area contributed by atoms with Crippen molar-refractivity contribution < 1.29 is 16.8 Å². The zero-order chi connectivity index (χ0) is 15.7. The van der Waals surface area contributed by atoms with E-state index in [-0.39, 0.29) is 24.1 Å². The van der Waals surface area contributed by atoms with Gasteiger partial charge in [0, 0.05) is 24.5 Å². The van der Waals surface area contributed by atoms with E-state index in [2.05, 4.69) is 0 Å². The molecule has 0 aliphatic heterocycles. The molecule has 1 aromatic carbocycles. The Balaban J connectivity index is 2.13. The van der Waals surface area contributed by atoms with Crippen LogP contribution in [-0.4, -0.2) is 44.9 Å². The Kier molecular flexibility index (Phi) is 4.60. The Labute approximate surface area is 125 Å². The lowest BCUT2D eigenvalue weighted by Crippen LogP contribution is -2.36. The molecule has 0 unspecified atom stereocenters. The Morgan fingerprint density at radius 3 is 2.14 bits per heavy atom. The number of nitrogens with zero attached hydrogens (tertiary/aromatic N) is 1. The molecule has 0 saturated heterocycles. The van der Waals surface area contributed by atoms with Gasteiger partial charge in [0.15, 0.2) is 0 Å². The van der Waals surface area contributed by atoms with Crippen LogP contribution >= 0.6 is 0 Å². The van der Waals surface area contributed by atoms with Crippen molar-refractivity contribution in [3.05, 3.63) is 29.8 Å². The van der Waals surface area contributed by atoms with E-state index < -0.39 is 19.9 Å². The van der Waals surface area contributed by atoms with Gasteiger partial charge in [0.05, 0.1) is 11.5 Å². The summed E-state index contributed by atoms with van der Waals surface area (Å²) in [6.45, 7) is 0.261. The van der Waals surface area contributed by atoms with Gasteiger partial charge in [-0.3, -0.25) is 0 Å². The lowest BCUT2D eigenvalue weighted by atomic mass is 10.2. The molecule has 1 aliphatic rings. The van der Waals surface area contributed by atoms with Crippen LogP contribution < -0.4 is 5.73 Å². The molecule has 0 bridgehead atoms. The Bertz CT molecular complexity index is 692. The number of benzene rings is 1. The van der Waals surface area contributed by atoms with Gasteiger partial charge in [0.2, 0.25) is 10.0 Å². The van der Waals surface area contributed by atoms with Crippen molar-refractivity contribution >= 4 is 25.5 Å². The predicted molar refractivity (Wildman–Crippen MR) is 82.9 cm³/mol. The number of rotatable bonds is 7. The highest BCUT2D eigenvalue weighted by Gasteiger charge is 2.37. The smallest absolute Gasteiger partial charge is 0.215 e. The molecule has 1 saturated carbocycles. The molecule has 0 atom stereocenters. The first-order chi connectivity index (χ1) is 9.67. The molecule has 2 rings (SSSR count). The average molecular weight is 332 g/mol. The fourth-order valence-electron chi connectivity index (χ4n) is 1.99. The van der Waals surface area contributed by atoms with E-state index in [1.165, 1.54) is 4.31 Å². The first-order valence-corrected chi connectivity index (χ1v) is 10.4. The second-order valence-corrected chi connectivity index (χ2v) is 9.76. The van der Waals surface area contributed by atoms with Gasteiger partial charge in [-0.2, -0.15) is 4.31 Å². The second kappa shape index (κ2) is 5.94. The van der Waals surface area contributed by atoms with E-state index in [1.807, 2.05) is 0 Å². The molecule has 0 spiro atoms. The molecule has 2 N–H and O–H groups in total. The van der Waals surface area contributed by atoms with Crippen molar-refractivity contribution in [1.29, 1.82) is 0 Å². The van der Waals surface area contributed by atoms with Crippen LogP contribution in [0.3, 0.4) is 0 Å². The number of anilines is 1. The maximum Gasteiger partial charge on any atom is 0.215 e. The largest absolute Gasteiger partial charge is 0.399 e. The third-order valence-electron chi connectivity index (χ3n) is 3.34. The monoisotopic (exact) mass is 332 g/mol. The summed E-state index contributed by atoms with van der Waals surface area (Å²) in [5.41, 5.74) is 7.08. The zero-order valence-corrected chi connectivity index (χ0v) is 13.5. The van der Waals surface area contributed by atoms with Crippen molar-refractivity contribution in [1.82, 2.24) is 4.31 Å². The fourth-order valence-corrected chi connectivity index (χ4v) is 5.29. The summed E-state index contributed by atoms with van der Waals surface area (Å²) in [5, 5.41) is 0. The summed E-state index contributed by atoms with van der Waals surface area (Å²) in [4.78, 5) is 0. The summed E-state index contributed by atoms with van der Waals surface area (Å²) in [6, 6.07) is 7.02.